The summed E-state index contributed by atoms with van der Waals surface area (Å²) in [5.41, 5.74) is 1.25. The van der Waals surface area contributed by atoms with Gasteiger partial charge in [0.2, 0.25) is 5.56 Å². The van der Waals surface area contributed by atoms with Crippen LogP contribution in [-0.4, -0.2) is 22.5 Å². The highest BCUT2D eigenvalue weighted by molar-refractivity contribution is 5.96. The molecule has 0 spiro atoms. The van der Waals surface area contributed by atoms with Gasteiger partial charge >= 0.3 is 5.97 Å². The number of nitrogens with zero attached hydrogens (tertiary/aromatic N) is 1. The monoisotopic (exact) mass is 244 g/mol. The van der Waals surface area contributed by atoms with Gasteiger partial charge in [0.15, 0.2) is 0 Å². The zero-order chi connectivity index (χ0) is 13.0. The number of aromatic nitrogens is 2. The lowest BCUT2D eigenvalue weighted by atomic mass is 10.0. The maximum Gasteiger partial charge on any atom is 0.339 e. The minimum absolute atomic E-state index is 0.244. The standard InChI is InChI=1S/C13H12N2O3/c1-2-18-13(17)10-6-12(16)15-8-11(10)9-4-3-5-14-7-9/h3-8H,2H2,1H3,(H,15,16). The fraction of sp³-hybridized carbons (Fsp3) is 0.154. The van der Waals surface area contributed by atoms with Gasteiger partial charge in [-0.25, -0.2) is 4.79 Å². The van der Waals surface area contributed by atoms with Crippen LogP contribution in [0, 0.1) is 0 Å². The van der Waals surface area contributed by atoms with Crippen molar-refractivity contribution in [2.24, 2.45) is 0 Å². The van der Waals surface area contributed by atoms with Crippen molar-refractivity contribution >= 4 is 5.97 Å². The molecular weight excluding hydrogens is 232 g/mol. The Morgan fingerprint density at radius 2 is 2.33 bits per heavy atom. The molecule has 2 aromatic heterocycles. The van der Waals surface area contributed by atoms with Crippen LogP contribution in [-0.2, 0) is 4.74 Å². The minimum atomic E-state index is -0.512. The summed E-state index contributed by atoms with van der Waals surface area (Å²) in [7, 11) is 0. The van der Waals surface area contributed by atoms with Gasteiger partial charge in [-0.15, -0.1) is 0 Å². The predicted octanol–water partition coefficient (Wildman–Crippen LogP) is 1.61. The highest BCUT2D eigenvalue weighted by Gasteiger charge is 2.14. The first-order valence-electron chi connectivity index (χ1n) is 5.52. The molecule has 0 aliphatic rings. The molecule has 0 unspecified atom stereocenters. The second-order valence-corrected chi connectivity index (χ2v) is 3.59. The van der Waals surface area contributed by atoms with E-state index in [1.807, 2.05) is 6.07 Å². The van der Waals surface area contributed by atoms with Crippen molar-refractivity contribution in [1.29, 1.82) is 0 Å². The van der Waals surface area contributed by atoms with E-state index in [9.17, 15) is 9.59 Å². The predicted molar refractivity (Wildman–Crippen MR) is 66.3 cm³/mol. The third kappa shape index (κ3) is 2.45. The normalized spacial score (nSPS) is 10.1. The van der Waals surface area contributed by atoms with E-state index in [2.05, 4.69) is 9.97 Å². The van der Waals surface area contributed by atoms with Crippen molar-refractivity contribution in [3.8, 4) is 11.1 Å². The molecule has 0 aromatic carbocycles. The summed E-state index contributed by atoms with van der Waals surface area (Å²) in [6.07, 6.45) is 4.75. The third-order valence-electron chi connectivity index (χ3n) is 2.39. The van der Waals surface area contributed by atoms with Gasteiger partial charge in [-0.3, -0.25) is 9.78 Å². The van der Waals surface area contributed by atoms with Crippen molar-refractivity contribution in [3.63, 3.8) is 0 Å². The Labute approximate surface area is 103 Å². The first-order valence-corrected chi connectivity index (χ1v) is 5.52. The molecule has 92 valence electrons. The van der Waals surface area contributed by atoms with Gasteiger partial charge in [-0.05, 0) is 13.0 Å². The molecule has 0 bridgehead atoms. The average Bonchev–Trinajstić information content (AvgIpc) is 2.40. The van der Waals surface area contributed by atoms with Crippen LogP contribution in [0.2, 0.25) is 0 Å². The molecule has 0 aliphatic carbocycles. The minimum Gasteiger partial charge on any atom is -0.462 e. The van der Waals surface area contributed by atoms with Crippen LogP contribution in [0.5, 0.6) is 0 Å². The Hall–Kier alpha value is -2.43. The molecule has 2 aromatic rings. The van der Waals surface area contributed by atoms with E-state index in [0.29, 0.717) is 5.56 Å². The molecular formula is C13H12N2O3. The Kier molecular flexibility index (Phi) is 3.52. The summed E-state index contributed by atoms with van der Waals surface area (Å²) in [5, 5.41) is 0. The first-order chi connectivity index (χ1) is 8.72. The number of esters is 1. The van der Waals surface area contributed by atoms with Gasteiger partial charge in [0.25, 0.3) is 0 Å². The van der Waals surface area contributed by atoms with Crippen LogP contribution in [0.4, 0.5) is 0 Å². The summed E-state index contributed by atoms with van der Waals surface area (Å²) in [6, 6.07) is 4.80. The van der Waals surface area contributed by atoms with Gasteiger partial charge in [0.05, 0.1) is 12.2 Å². The number of hydrogen-bond donors (Lipinski definition) is 1. The van der Waals surface area contributed by atoms with Crippen LogP contribution >= 0.6 is 0 Å². The molecule has 0 aliphatic heterocycles. The lowest BCUT2D eigenvalue weighted by Crippen LogP contribution is -2.13. The summed E-state index contributed by atoms with van der Waals surface area (Å²) in [5.74, 6) is -0.512. The van der Waals surface area contributed by atoms with Crippen molar-refractivity contribution in [2.75, 3.05) is 6.61 Å². The Bertz CT molecular complexity index is 605. The van der Waals surface area contributed by atoms with Crippen LogP contribution in [0.25, 0.3) is 11.1 Å². The van der Waals surface area contributed by atoms with Crippen LogP contribution in [0.3, 0.4) is 0 Å². The lowest BCUT2D eigenvalue weighted by molar-refractivity contribution is 0.0527. The zero-order valence-corrected chi connectivity index (χ0v) is 9.84. The summed E-state index contributed by atoms with van der Waals surface area (Å²) in [4.78, 5) is 29.6. The number of aromatic amines is 1. The smallest absolute Gasteiger partial charge is 0.339 e. The number of ether oxygens (including phenoxy) is 1. The van der Waals surface area contributed by atoms with Gasteiger partial charge < -0.3 is 9.72 Å². The summed E-state index contributed by atoms with van der Waals surface area (Å²) >= 11 is 0. The number of hydrogen-bond acceptors (Lipinski definition) is 4. The molecule has 5 nitrogen and oxygen atoms in total. The SMILES string of the molecule is CCOC(=O)c1cc(=O)[nH]cc1-c1cccnc1. The molecule has 18 heavy (non-hydrogen) atoms. The molecule has 1 N–H and O–H groups in total. The molecule has 0 fully saturated rings. The second-order valence-electron chi connectivity index (χ2n) is 3.59. The Balaban J connectivity index is 2.54. The highest BCUT2D eigenvalue weighted by Crippen LogP contribution is 2.21. The fourth-order valence-electron chi connectivity index (χ4n) is 1.61. The Morgan fingerprint density at radius 3 is 3.00 bits per heavy atom. The van der Waals surface area contributed by atoms with Crippen LogP contribution < -0.4 is 5.56 Å². The molecule has 0 saturated carbocycles. The molecule has 0 saturated heterocycles. The van der Waals surface area contributed by atoms with Crippen LogP contribution in [0.1, 0.15) is 17.3 Å². The fourth-order valence-corrected chi connectivity index (χ4v) is 1.61. The molecule has 0 radical (unpaired) electrons. The van der Waals surface area contributed by atoms with Gasteiger partial charge in [0, 0.05) is 35.8 Å². The number of rotatable bonds is 3. The first kappa shape index (κ1) is 12.0. The summed E-state index contributed by atoms with van der Waals surface area (Å²) < 4.78 is 4.93. The second kappa shape index (κ2) is 5.27. The molecule has 2 rings (SSSR count). The molecule has 0 amide bonds. The summed E-state index contributed by atoms with van der Waals surface area (Å²) in [6.45, 7) is 1.98. The largest absolute Gasteiger partial charge is 0.462 e. The van der Waals surface area contributed by atoms with Gasteiger partial charge in [-0.2, -0.15) is 0 Å². The van der Waals surface area contributed by atoms with E-state index in [-0.39, 0.29) is 17.7 Å². The van der Waals surface area contributed by atoms with Crippen molar-refractivity contribution in [1.82, 2.24) is 9.97 Å². The number of H-pyrrole nitrogens is 1. The zero-order valence-electron chi connectivity index (χ0n) is 9.84. The topological polar surface area (TPSA) is 72.1 Å². The quantitative estimate of drug-likeness (QED) is 0.832. The van der Waals surface area contributed by atoms with Crippen LogP contribution in [0.15, 0.2) is 41.6 Å². The van der Waals surface area contributed by atoms with Crippen molar-refractivity contribution in [2.45, 2.75) is 6.92 Å². The molecule has 2 heterocycles. The van der Waals surface area contributed by atoms with E-state index in [1.54, 1.807) is 25.4 Å². The number of carbonyl (C=O) groups excluding carboxylic acids is 1. The number of pyridine rings is 2. The van der Waals surface area contributed by atoms with E-state index >= 15 is 0 Å². The maximum atomic E-state index is 11.8. The van der Waals surface area contributed by atoms with E-state index in [0.717, 1.165) is 5.56 Å². The van der Waals surface area contributed by atoms with Gasteiger partial charge in [-0.1, -0.05) is 6.07 Å². The highest BCUT2D eigenvalue weighted by atomic mass is 16.5. The van der Waals surface area contributed by atoms with Crippen molar-refractivity contribution in [3.05, 3.63) is 52.7 Å². The van der Waals surface area contributed by atoms with E-state index < -0.39 is 5.97 Å². The molecule has 5 heteroatoms. The average molecular weight is 244 g/mol. The number of carbonyl (C=O) groups is 1. The number of nitrogens with one attached hydrogen (secondary N) is 1. The molecule has 0 atom stereocenters. The van der Waals surface area contributed by atoms with E-state index in [4.69, 9.17) is 4.74 Å². The van der Waals surface area contributed by atoms with Crippen molar-refractivity contribution < 1.29 is 9.53 Å². The van der Waals surface area contributed by atoms with Gasteiger partial charge in [0.1, 0.15) is 0 Å². The third-order valence-corrected chi connectivity index (χ3v) is 2.39. The maximum absolute atomic E-state index is 11.8. The lowest BCUT2D eigenvalue weighted by Gasteiger charge is -2.07. The van der Waals surface area contributed by atoms with E-state index in [1.165, 1.54) is 12.3 Å². The Morgan fingerprint density at radius 1 is 1.50 bits per heavy atom.